The van der Waals surface area contributed by atoms with Gasteiger partial charge in [-0.25, -0.2) is 4.39 Å². The Hall–Kier alpha value is -2.37. The van der Waals surface area contributed by atoms with Gasteiger partial charge < -0.3 is 15.0 Å². The van der Waals surface area contributed by atoms with Gasteiger partial charge in [0.25, 0.3) is 0 Å². The molecule has 2 aromatic carbocycles. The van der Waals surface area contributed by atoms with Gasteiger partial charge in [0.05, 0.1) is 6.10 Å². The molecule has 146 valence electrons. The number of aliphatic hydroxyl groups excluding tert-OH is 1. The second-order valence-corrected chi connectivity index (χ2v) is 8.08. The van der Waals surface area contributed by atoms with Crippen LogP contribution in [0.5, 0.6) is 0 Å². The number of anilines is 1. The van der Waals surface area contributed by atoms with Crippen molar-refractivity contribution in [3.8, 4) is 0 Å². The summed E-state index contributed by atoms with van der Waals surface area (Å²) in [5.74, 6) is -0.262. The number of piperazine rings is 1. The number of hydrogen-bond acceptors (Lipinski definition) is 3. The molecule has 2 atom stereocenters. The van der Waals surface area contributed by atoms with Gasteiger partial charge in [0, 0.05) is 48.5 Å². The van der Waals surface area contributed by atoms with Gasteiger partial charge in [0.1, 0.15) is 5.82 Å². The van der Waals surface area contributed by atoms with Crippen molar-refractivity contribution < 1.29 is 9.50 Å². The largest absolute Gasteiger partial charge is 0.388 e. The van der Waals surface area contributed by atoms with Crippen LogP contribution in [0, 0.1) is 5.82 Å². The van der Waals surface area contributed by atoms with Gasteiger partial charge >= 0.3 is 0 Å². The zero-order chi connectivity index (χ0) is 19.1. The fourth-order valence-electron chi connectivity index (χ4n) is 4.86. The van der Waals surface area contributed by atoms with Crippen molar-refractivity contribution in [1.82, 2.24) is 9.88 Å². The molecule has 0 amide bonds. The van der Waals surface area contributed by atoms with Crippen LogP contribution in [0.4, 0.5) is 10.1 Å². The summed E-state index contributed by atoms with van der Waals surface area (Å²) in [5, 5.41) is 11.7. The smallest absolute Gasteiger partial charge is 0.123 e. The highest BCUT2D eigenvalue weighted by Crippen LogP contribution is 2.37. The number of aliphatic hydroxyl groups is 1. The number of hydrogen-bond donors (Lipinski definition) is 2. The first-order chi connectivity index (χ1) is 13.7. The van der Waals surface area contributed by atoms with Crippen LogP contribution in [0.1, 0.15) is 30.1 Å². The van der Waals surface area contributed by atoms with Gasteiger partial charge in [-0.3, -0.25) is 4.90 Å². The van der Waals surface area contributed by atoms with E-state index in [0.717, 1.165) is 44.6 Å². The number of aromatic amines is 1. The second-order valence-electron chi connectivity index (χ2n) is 8.08. The minimum absolute atomic E-state index is 0.262. The zero-order valence-electron chi connectivity index (χ0n) is 15.9. The van der Waals surface area contributed by atoms with Crippen LogP contribution in [0.2, 0.25) is 0 Å². The lowest BCUT2D eigenvalue weighted by atomic mass is 9.94. The molecule has 0 bridgehead atoms. The predicted octanol–water partition coefficient (Wildman–Crippen LogP) is 3.87. The van der Waals surface area contributed by atoms with Gasteiger partial charge in [-0.15, -0.1) is 0 Å². The number of fused-ring (bicyclic) bond motifs is 2. The maximum Gasteiger partial charge on any atom is 0.123 e. The van der Waals surface area contributed by atoms with E-state index in [9.17, 15) is 9.50 Å². The van der Waals surface area contributed by atoms with E-state index in [1.807, 2.05) is 0 Å². The third kappa shape index (κ3) is 3.19. The minimum Gasteiger partial charge on any atom is -0.388 e. The molecule has 0 saturated carbocycles. The summed E-state index contributed by atoms with van der Waals surface area (Å²) < 4.78 is 13.0. The fraction of sp³-hybridized carbons (Fsp3) is 0.391. The molecule has 2 N–H and O–H groups in total. The van der Waals surface area contributed by atoms with E-state index in [2.05, 4.69) is 39.2 Å². The maximum absolute atomic E-state index is 13.0. The van der Waals surface area contributed by atoms with E-state index in [4.69, 9.17) is 0 Å². The molecule has 0 radical (unpaired) electrons. The van der Waals surface area contributed by atoms with Gasteiger partial charge in [-0.2, -0.15) is 0 Å². The number of benzene rings is 2. The lowest BCUT2D eigenvalue weighted by molar-refractivity contribution is 0.150. The lowest BCUT2D eigenvalue weighted by Crippen LogP contribution is -2.55. The minimum atomic E-state index is -0.517. The molecule has 4 nitrogen and oxygen atoms in total. The Morgan fingerprint density at radius 3 is 2.86 bits per heavy atom. The van der Waals surface area contributed by atoms with Gasteiger partial charge in [-0.05, 0) is 61.2 Å². The monoisotopic (exact) mass is 379 g/mol. The molecule has 1 fully saturated rings. The van der Waals surface area contributed by atoms with E-state index in [1.54, 1.807) is 12.1 Å². The molecule has 2 aliphatic heterocycles. The van der Waals surface area contributed by atoms with Crippen LogP contribution < -0.4 is 4.90 Å². The van der Waals surface area contributed by atoms with Crippen molar-refractivity contribution in [2.75, 3.05) is 31.1 Å². The molecule has 0 aliphatic carbocycles. The van der Waals surface area contributed by atoms with Gasteiger partial charge in [-0.1, -0.05) is 18.2 Å². The molecule has 3 heterocycles. The molecular weight excluding hydrogens is 353 g/mol. The highest BCUT2D eigenvalue weighted by Gasteiger charge is 2.32. The Balaban J connectivity index is 1.18. The third-order valence-corrected chi connectivity index (χ3v) is 6.30. The molecule has 5 rings (SSSR count). The summed E-state index contributed by atoms with van der Waals surface area (Å²) in [6.07, 6.45) is 4.39. The van der Waals surface area contributed by atoms with Gasteiger partial charge in [0.15, 0.2) is 0 Å². The standard InChI is InChI=1S/C23H26FN3O/c24-18-8-6-16(7-9-18)22(28)5-2-10-26-11-12-27-19(15-26)13-17-14-25-20-3-1-4-21(27)23(17)20/h1,3-4,6-9,14,19,22,25,28H,2,5,10-13,15H2. The number of H-pyrrole nitrogens is 1. The molecule has 0 spiro atoms. The fourth-order valence-corrected chi connectivity index (χ4v) is 4.86. The summed E-state index contributed by atoms with van der Waals surface area (Å²) in [7, 11) is 0. The van der Waals surface area contributed by atoms with Crippen LogP contribution in [0.15, 0.2) is 48.7 Å². The van der Waals surface area contributed by atoms with Gasteiger partial charge in [0.2, 0.25) is 0 Å². The number of nitrogens with one attached hydrogen (secondary N) is 1. The van der Waals surface area contributed by atoms with Crippen LogP contribution >= 0.6 is 0 Å². The summed E-state index contributed by atoms with van der Waals surface area (Å²) in [4.78, 5) is 8.52. The normalized spacial score (nSPS) is 20.4. The molecule has 28 heavy (non-hydrogen) atoms. The van der Waals surface area contributed by atoms with Crippen molar-refractivity contribution in [2.45, 2.75) is 31.4 Å². The molecule has 2 aliphatic rings. The van der Waals surface area contributed by atoms with Crippen molar-refractivity contribution in [3.05, 3.63) is 65.6 Å². The first kappa shape index (κ1) is 17.7. The molecule has 1 saturated heterocycles. The SMILES string of the molecule is OC(CCCN1CCN2c3cccc4[nH]cc(c34)CC2C1)c1ccc(F)cc1. The van der Waals surface area contributed by atoms with Crippen molar-refractivity contribution >= 4 is 16.6 Å². The molecule has 2 unspecified atom stereocenters. The average molecular weight is 379 g/mol. The van der Waals surface area contributed by atoms with Crippen LogP contribution in [-0.2, 0) is 6.42 Å². The van der Waals surface area contributed by atoms with Crippen LogP contribution in [0.3, 0.4) is 0 Å². The number of halogens is 1. The lowest BCUT2D eigenvalue weighted by Gasteiger charge is -2.45. The summed E-state index contributed by atoms with van der Waals surface area (Å²) in [5.41, 5.74) is 4.84. The van der Waals surface area contributed by atoms with Crippen molar-refractivity contribution in [2.24, 2.45) is 0 Å². The van der Waals surface area contributed by atoms with Crippen molar-refractivity contribution in [3.63, 3.8) is 0 Å². The predicted molar refractivity (Wildman–Crippen MR) is 110 cm³/mol. The Labute approximate surface area is 164 Å². The topological polar surface area (TPSA) is 42.5 Å². The Morgan fingerprint density at radius 1 is 1.14 bits per heavy atom. The van der Waals surface area contributed by atoms with E-state index in [0.29, 0.717) is 12.5 Å². The number of rotatable bonds is 5. The third-order valence-electron chi connectivity index (χ3n) is 6.30. The average Bonchev–Trinajstić information content (AvgIpc) is 3.12. The first-order valence-electron chi connectivity index (χ1n) is 10.2. The molecule has 1 aromatic heterocycles. The molecular formula is C23H26FN3O. The Bertz CT molecular complexity index is 968. The first-order valence-corrected chi connectivity index (χ1v) is 10.2. The Morgan fingerprint density at radius 2 is 2.00 bits per heavy atom. The quantitative estimate of drug-likeness (QED) is 0.707. The number of nitrogens with zero attached hydrogens (tertiary/aromatic N) is 2. The van der Waals surface area contributed by atoms with E-state index >= 15 is 0 Å². The molecule has 3 aromatic rings. The summed E-state index contributed by atoms with van der Waals surface area (Å²) in [6.45, 7) is 4.16. The second kappa shape index (κ2) is 7.22. The highest BCUT2D eigenvalue weighted by molar-refractivity contribution is 5.96. The Kier molecular flexibility index (Phi) is 4.57. The van der Waals surface area contributed by atoms with Crippen LogP contribution in [0.25, 0.3) is 10.9 Å². The maximum atomic E-state index is 13.0. The van der Waals surface area contributed by atoms with E-state index in [-0.39, 0.29) is 5.82 Å². The molecule has 5 heteroatoms. The van der Waals surface area contributed by atoms with Crippen LogP contribution in [-0.4, -0.2) is 47.2 Å². The highest BCUT2D eigenvalue weighted by atomic mass is 19.1. The van der Waals surface area contributed by atoms with E-state index < -0.39 is 6.10 Å². The summed E-state index contributed by atoms with van der Waals surface area (Å²) >= 11 is 0. The van der Waals surface area contributed by atoms with E-state index in [1.165, 1.54) is 34.3 Å². The zero-order valence-corrected chi connectivity index (χ0v) is 15.9. The van der Waals surface area contributed by atoms with Crippen molar-refractivity contribution in [1.29, 1.82) is 0 Å². The number of aromatic nitrogens is 1. The summed E-state index contributed by atoms with van der Waals surface area (Å²) in [6, 6.07) is 13.2.